The van der Waals surface area contributed by atoms with Crippen molar-refractivity contribution in [3.05, 3.63) is 48.0 Å². The van der Waals surface area contributed by atoms with Gasteiger partial charge in [0.05, 0.1) is 6.10 Å². The monoisotopic (exact) mass is 227 g/mol. The number of aliphatic hydroxyl groups is 1. The van der Waals surface area contributed by atoms with Gasteiger partial charge >= 0.3 is 0 Å². The van der Waals surface area contributed by atoms with E-state index in [4.69, 9.17) is 5.73 Å². The molecule has 0 heterocycles. The lowest BCUT2D eigenvalue weighted by molar-refractivity contribution is 0.0977. The zero-order chi connectivity index (χ0) is 11.9. The molecule has 2 heteroatoms. The first-order valence-corrected chi connectivity index (χ1v) is 6.12. The predicted octanol–water partition coefficient (Wildman–Crippen LogP) is 2.61. The Morgan fingerprint density at radius 1 is 1.12 bits per heavy atom. The smallest absolute Gasteiger partial charge is 0.0858 e. The van der Waals surface area contributed by atoms with Crippen LogP contribution >= 0.6 is 0 Å². The second-order valence-corrected chi connectivity index (χ2v) is 5.08. The van der Waals surface area contributed by atoms with Crippen LogP contribution in [0.2, 0.25) is 0 Å². The highest BCUT2D eigenvalue weighted by atomic mass is 16.3. The Morgan fingerprint density at radius 2 is 1.82 bits per heavy atom. The molecule has 1 saturated carbocycles. The quantitative estimate of drug-likeness (QED) is 0.846. The molecule has 0 bridgehead atoms. The minimum atomic E-state index is -0.419. The van der Waals surface area contributed by atoms with Crippen LogP contribution < -0.4 is 5.73 Å². The van der Waals surface area contributed by atoms with Crippen molar-refractivity contribution < 1.29 is 5.11 Å². The third kappa shape index (κ3) is 1.74. The van der Waals surface area contributed by atoms with Crippen molar-refractivity contribution in [1.82, 2.24) is 0 Å². The van der Waals surface area contributed by atoms with E-state index in [1.54, 1.807) is 0 Å². The molecule has 3 N–H and O–H groups in total. The van der Waals surface area contributed by atoms with Crippen LogP contribution in [0.25, 0.3) is 10.8 Å². The highest BCUT2D eigenvalue weighted by molar-refractivity contribution is 5.83. The maximum Gasteiger partial charge on any atom is 0.0858 e. The van der Waals surface area contributed by atoms with Crippen LogP contribution in [-0.2, 0) is 0 Å². The number of aliphatic hydroxyl groups excluding tert-OH is 1. The molecule has 0 saturated heterocycles. The molecular formula is C15H17NO. The first kappa shape index (κ1) is 10.8. The Balaban J connectivity index is 2.00. The summed E-state index contributed by atoms with van der Waals surface area (Å²) in [5, 5.41) is 12.8. The van der Waals surface area contributed by atoms with E-state index in [2.05, 4.69) is 24.3 Å². The molecule has 0 spiro atoms. The zero-order valence-electron chi connectivity index (χ0n) is 9.76. The Labute approximate surface area is 101 Å². The largest absolute Gasteiger partial charge is 0.388 e. The van der Waals surface area contributed by atoms with E-state index in [0.29, 0.717) is 6.54 Å². The van der Waals surface area contributed by atoms with Crippen molar-refractivity contribution in [1.29, 1.82) is 0 Å². The normalized spacial score (nSPS) is 19.2. The van der Waals surface area contributed by atoms with Crippen molar-refractivity contribution in [2.45, 2.75) is 18.9 Å². The summed E-state index contributed by atoms with van der Waals surface area (Å²) < 4.78 is 0. The van der Waals surface area contributed by atoms with Gasteiger partial charge in [0.25, 0.3) is 0 Å². The summed E-state index contributed by atoms with van der Waals surface area (Å²) >= 11 is 0. The lowest BCUT2D eigenvalue weighted by Crippen LogP contribution is -2.23. The SMILES string of the molecule is NCC1(C(O)c2ccc3ccccc3c2)CC1. The summed E-state index contributed by atoms with van der Waals surface area (Å²) in [5.41, 5.74) is 6.70. The predicted molar refractivity (Wildman–Crippen MR) is 69.6 cm³/mol. The fourth-order valence-corrected chi connectivity index (χ4v) is 2.48. The second kappa shape index (κ2) is 3.83. The van der Waals surface area contributed by atoms with Crippen molar-refractivity contribution in [2.75, 3.05) is 6.54 Å². The maximum atomic E-state index is 10.4. The van der Waals surface area contributed by atoms with Gasteiger partial charge in [-0.3, -0.25) is 0 Å². The van der Waals surface area contributed by atoms with Gasteiger partial charge in [0, 0.05) is 12.0 Å². The Bertz CT molecular complexity index is 545. The molecule has 2 aromatic rings. The first-order chi connectivity index (χ1) is 8.25. The summed E-state index contributed by atoms with van der Waals surface area (Å²) in [6.07, 6.45) is 1.66. The summed E-state index contributed by atoms with van der Waals surface area (Å²) in [6.45, 7) is 0.570. The number of hydrogen-bond acceptors (Lipinski definition) is 2. The van der Waals surface area contributed by atoms with Crippen LogP contribution in [0, 0.1) is 5.41 Å². The lowest BCUT2D eigenvalue weighted by atomic mass is 9.91. The van der Waals surface area contributed by atoms with Gasteiger partial charge in [-0.2, -0.15) is 0 Å². The molecule has 1 fully saturated rings. The van der Waals surface area contributed by atoms with E-state index >= 15 is 0 Å². The van der Waals surface area contributed by atoms with Gasteiger partial charge in [-0.05, 0) is 35.2 Å². The fourth-order valence-electron chi connectivity index (χ4n) is 2.48. The molecule has 0 aliphatic heterocycles. The third-order valence-electron chi connectivity index (χ3n) is 3.97. The molecule has 17 heavy (non-hydrogen) atoms. The molecule has 3 rings (SSSR count). The average Bonchev–Trinajstić information content (AvgIpc) is 3.18. The van der Waals surface area contributed by atoms with Gasteiger partial charge in [-0.1, -0.05) is 36.4 Å². The second-order valence-electron chi connectivity index (χ2n) is 5.08. The van der Waals surface area contributed by atoms with Gasteiger partial charge in [0.2, 0.25) is 0 Å². The van der Waals surface area contributed by atoms with Crippen LogP contribution in [0.5, 0.6) is 0 Å². The van der Waals surface area contributed by atoms with E-state index in [-0.39, 0.29) is 5.41 Å². The Morgan fingerprint density at radius 3 is 2.47 bits per heavy atom. The van der Waals surface area contributed by atoms with Gasteiger partial charge in [0.1, 0.15) is 0 Å². The molecule has 1 aliphatic carbocycles. The maximum absolute atomic E-state index is 10.4. The van der Waals surface area contributed by atoms with E-state index in [0.717, 1.165) is 18.4 Å². The summed E-state index contributed by atoms with van der Waals surface area (Å²) in [6, 6.07) is 14.4. The van der Waals surface area contributed by atoms with Gasteiger partial charge < -0.3 is 10.8 Å². The zero-order valence-corrected chi connectivity index (χ0v) is 9.76. The van der Waals surface area contributed by atoms with E-state index in [9.17, 15) is 5.11 Å². The molecule has 0 radical (unpaired) electrons. The fraction of sp³-hybridized carbons (Fsp3) is 0.333. The van der Waals surface area contributed by atoms with Crippen LogP contribution in [0.15, 0.2) is 42.5 Å². The van der Waals surface area contributed by atoms with Crippen molar-refractivity contribution in [2.24, 2.45) is 11.1 Å². The topological polar surface area (TPSA) is 46.2 Å². The molecular weight excluding hydrogens is 210 g/mol. The Hall–Kier alpha value is -1.38. The summed E-state index contributed by atoms with van der Waals surface area (Å²) in [5.74, 6) is 0. The van der Waals surface area contributed by atoms with E-state index in [1.165, 1.54) is 10.8 Å². The van der Waals surface area contributed by atoms with E-state index < -0.39 is 6.10 Å². The standard InChI is InChI=1S/C15H17NO/c16-10-15(7-8-15)14(17)13-6-5-11-3-1-2-4-12(11)9-13/h1-6,9,14,17H,7-8,10,16H2. The minimum absolute atomic E-state index is 0.0531. The molecule has 88 valence electrons. The van der Waals surface area contributed by atoms with Crippen LogP contribution in [0.1, 0.15) is 24.5 Å². The van der Waals surface area contributed by atoms with Gasteiger partial charge in [-0.15, -0.1) is 0 Å². The number of fused-ring (bicyclic) bond motifs is 1. The average molecular weight is 227 g/mol. The number of hydrogen-bond donors (Lipinski definition) is 2. The Kier molecular flexibility index (Phi) is 2.42. The van der Waals surface area contributed by atoms with Crippen LogP contribution in [-0.4, -0.2) is 11.7 Å². The van der Waals surface area contributed by atoms with Crippen molar-refractivity contribution >= 4 is 10.8 Å². The minimum Gasteiger partial charge on any atom is -0.388 e. The summed E-state index contributed by atoms with van der Waals surface area (Å²) in [7, 11) is 0. The summed E-state index contributed by atoms with van der Waals surface area (Å²) in [4.78, 5) is 0. The third-order valence-corrected chi connectivity index (χ3v) is 3.97. The molecule has 1 unspecified atom stereocenters. The highest BCUT2D eigenvalue weighted by Gasteiger charge is 2.48. The molecule has 0 aromatic heterocycles. The van der Waals surface area contributed by atoms with E-state index in [1.807, 2.05) is 18.2 Å². The number of nitrogens with two attached hydrogens (primary N) is 1. The molecule has 2 aromatic carbocycles. The molecule has 0 amide bonds. The van der Waals surface area contributed by atoms with Crippen molar-refractivity contribution in [3.8, 4) is 0 Å². The number of rotatable bonds is 3. The van der Waals surface area contributed by atoms with Crippen LogP contribution in [0.3, 0.4) is 0 Å². The van der Waals surface area contributed by atoms with Crippen LogP contribution in [0.4, 0.5) is 0 Å². The molecule has 1 aliphatic rings. The van der Waals surface area contributed by atoms with Crippen molar-refractivity contribution in [3.63, 3.8) is 0 Å². The van der Waals surface area contributed by atoms with Gasteiger partial charge in [0.15, 0.2) is 0 Å². The first-order valence-electron chi connectivity index (χ1n) is 6.12. The van der Waals surface area contributed by atoms with Gasteiger partial charge in [-0.25, -0.2) is 0 Å². The molecule has 1 atom stereocenters. The number of benzene rings is 2. The highest BCUT2D eigenvalue weighted by Crippen LogP contribution is 2.54. The molecule has 2 nitrogen and oxygen atoms in total. The lowest BCUT2D eigenvalue weighted by Gasteiger charge is -2.21.